The predicted octanol–water partition coefficient (Wildman–Crippen LogP) is 2.11. The second kappa shape index (κ2) is 6.62. The maximum Gasteiger partial charge on any atom is 0.251 e. The third-order valence-corrected chi connectivity index (χ3v) is 3.09. The SMILES string of the molecule is CC(CNC(=O)c1cccc(CCl)c1)N(C)C. The normalized spacial score (nSPS) is 12.5. The van der Waals surface area contributed by atoms with E-state index >= 15 is 0 Å². The van der Waals surface area contributed by atoms with Crippen molar-refractivity contribution in [3.63, 3.8) is 0 Å². The summed E-state index contributed by atoms with van der Waals surface area (Å²) in [5.41, 5.74) is 1.62. The van der Waals surface area contributed by atoms with E-state index in [1.165, 1.54) is 0 Å². The molecular weight excluding hydrogens is 236 g/mol. The molecule has 0 fully saturated rings. The fourth-order valence-corrected chi connectivity index (χ4v) is 1.49. The Labute approximate surface area is 108 Å². The van der Waals surface area contributed by atoms with Gasteiger partial charge < -0.3 is 10.2 Å². The number of rotatable bonds is 5. The van der Waals surface area contributed by atoms with Gasteiger partial charge in [0.25, 0.3) is 5.91 Å². The Kier molecular flexibility index (Phi) is 5.45. The molecule has 1 amide bonds. The molecular formula is C13H19ClN2O. The zero-order chi connectivity index (χ0) is 12.8. The number of hydrogen-bond donors (Lipinski definition) is 1. The van der Waals surface area contributed by atoms with Gasteiger partial charge in [-0.3, -0.25) is 4.79 Å². The summed E-state index contributed by atoms with van der Waals surface area (Å²) in [6, 6.07) is 7.69. The van der Waals surface area contributed by atoms with Crippen LogP contribution >= 0.6 is 11.6 Å². The molecule has 1 aromatic rings. The molecule has 0 aliphatic rings. The number of likely N-dealkylation sites (N-methyl/N-ethyl adjacent to an activating group) is 1. The molecule has 0 aliphatic carbocycles. The standard InChI is InChI=1S/C13H19ClN2O/c1-10(16(2)3)9-15-13(17)12-6-4-5-11(7-12)8-14/h4-7,10H,8-9H2,1-3H3,(H,15,17). The highest BCUT2D eigenvalue weighted by atomic mass is 35.5. The lowest BCUT2D eigenvalue weighted by atomic mass is 10.1. The van der Waals surface area contributed by atoms with Gasteiger partial charge in [0.05, 0.1) is 0 Å². The van der Waals surface area contributed by atoms with Gasteiger partial charge in [-0.25, -0.2) is 0 Å². The molecule has 1 unspecified atom stereocenters. The molecule has 0 aliphatic heterocycles. The van der Waals surface area contributed by atoms with Crippen LogP contribution in [0.5, 0.6) is 0 Å². The molecule has 94 valence electrons. The summed E-state index contributed by atoms with van der Waals surface area (Å²) in [6.45, 7) is 2.70. The first-order chi connectivity index (χ1) is 8.04. The zero-order valence-corrected chi connectivity index (χ0v) is 11.3. The molecule has 0 aromatic heterocycles. The molecule has 0 spiro atoms. The van der Waals surface area contributed by atoms with Crippen LogP contribution in [0.25, 0.3) is 0 Å². The van der Waals surface area contributed by atoms with Crippen molar-refractivity contribution < 1.29 is 4.79 Å². The minimum atomic E-state index is -0.0503. The Morgan fingerprint density at radius 1 is 1.47 bits per heavy atom. The van der Waals surface area contributed by atoms with E-state index in [-0.39, 0.29) is 5.91 Å². The van der Waals surface area contributed by atoms with E-state index in [9.17, 15) is 4.79 Å². The fourth-order valence-electron chi connectivity index (χ4n) is 1.32. The second-order valence-corrected chi connectivity index (χ2v) is 4.62. The highest BCUT2D eigenvalue weighted by Crippen LogP contribution is 2.07. The first-order valence-corrected chi connectivity index (χ1v) is 6.17. The lowest BCUT2D eigenvalue weighted by Gasteiger charge is -2.20. The van der Waals surface area contributed by atoms with Gasteiger partial charge in [-0.15, -0.1) is 11.6 Å². The number of halogens is 1. The first-order valence-electron chi connectivity index (χ1n) is 5.64. The van der Waals surface area contributed by atoms with Crippen molar-refractivity contribution in [3.8, 4) is 0 Å². The van der Waals surface area contributed by atoms with Crippen LogP contribution in [0.3, 0.4) is 0 Å². The van der Waals surface area contributed by atoms with Gasteiger partial charge in [0.2, 0.25) is 0 Å². The average molecular weight is 255 g/mol. The van der Waals surface area contributed by atoms with Gasteiger partial charge in [-0.1, -0.05) is 12.1 Å². The molecule has 4 heteroatoms. The van der Waals surface area contributed by atoms with Crippen molar-refractivity contribution in [2.45, 2.75) is 18.8 Å². The second-order valence-electron chi connectivity index (χ2n) is 4.36. The van der Waals surface area contributed by atoms with Gasteiger partial charge in [0, 0.05) is 24.0 Å². The summed E-state index contributed by atoms with van der Waals surface area (Å²) in [5.74, 6) is 0.376. The van der Waals surface area contributed by atoms with Crippen LogP contribution in [-0.2, 0) is 5.88 Å². The number of nitrogens with one attached hydrogen (secondary N) is 1. The number of hydrogen-bond acceptors (Lipinski definition) is 2. The maximum atomic E-state index is 11.9. The van der Waals surface area contributed by atoms with Gasteiger partial charge in [0.15, 0.2) is 0 Å². The van der Waals surface area contributed by atoms with Crippen molar-refractivity contribution in [3.05, 3.63) is 35.4 Å². The molecule has 0 saturated carbocycles. The lowest BCUT2D eigenvalue weighted by molar-refractivity contribution is 0.0943. The van der Waals surface area contributed by atoms with Crippen LogP contribution in [0, 0.1) is 0 Å². The third kappa shape index (κ3) is 4.36. The van der Waals surface area contributed by atoms with E-state index < -0.39 is 0 Å². The maximum absolute atomic E-state index is 11.9. The third-order valence-electron chi connectivity index (χ3n) is 2.78. The molecule has 1 N–H and O–H groups in total. The van der Waals surface area contributed by atoms with Crippen LogP contribution in [0.2, 0.25) is 0 Å². The van der Waals surface area contributed by atoms with E-state index in [0.29, 0.717) is 24.0 Å². The van der Waals surface area contributed by atoms with Crippen LogP contribution in [0.4, 0.5) is 0 Å². The summed E-state index contributed by atoms with van der Waals surface area (Å²) < 4.78 is 0. The average Bonchev–Trinajstić information content (AvgIpc) is 2.35. The Hall–Kier alpha value is -1.06. The number of amides is 1. The predicted molar refractivity (Wildman–Crippen MR) is 71.5 cm³/mol. The molecule has 0 radical (unpaired) electrons. The molecule has 0 heterocycles. The molecule has 0 saturated heterocycles. The number of benzene rings is 1. The van der Waals surface area contributed by atoms with E-state index in [1.54, 1.807) is 6.07 Å². The summed E-state index contributed by atoms with van der Waals surface area (Å²) in [4.78, 5) is 13.9. The molecule has 3 nitrogen and oxygen atoms in total. The number of nitrogens with zero attached hydrogens (tertiary/aromatic N) is 1. The largest absolute Gasteiger partial charge is 0.350 e. The van der Waals surface area contributed by atoms with Gasteiger partial charge in [-0.05, 0) is 38.7 Å². The highest BCUT2D eigenvalue weighted by molar-refractivity contribution is 6.17. The van der Waals surface area contributed by atoms with Crippen molar-refractivity contribution in [1.29, 1.82) is 0 Å². The Morgan fingerprint density at radius 3 is 2.76 bits per heavy atom. The lowest BCUT2D eigenvalue weighted by Crippen LogP contribution is -2.38. The van der Waals surface area contributed by atoms with Gasteiger partial charge in [0.1, 0.15) is 0 Å². The summed E-state index contributed by atoms with van der Waals surface area (Å²) in [5, 5.41) is 2.91. The highest BCUT2D eigenvalue weighted by Gasteiger charge is 2.09. The Balaban J connectivity index is 2.57. The smallest absolute Gasteiger partial charge is 0.251 e. The Bertz CT molecular complexity index is 379. The Morgan fingerprint density at radius 2 is 2.18 bits per heavy atom. The van der Waals surface area contributed by atoms with Crippen LogP contribution in [-0.4, -0.2) is 37.5 Å². The van der Waals surface area contributed by atoms with Crippen molar-refractivity contribution in [2.24, 2.45) is 0 Å². The number of alkyl halides is 1. The van der Waals surface area contributed by atoms with Gasteiger partial charge >= 0.3 is 0 Å². The van der Waals surface area contributed by atoms with Crippen LogP contribution in [0.1, 0.15) is 22.8 Å². The summed E-state index contributed by atoms with van der Waals surface area (Å²) in [6.07, 6.45) is 0. The van der Waals surface area contributed by atoms with E-state index in [2.05, 4.69) is 17.1 Å². The fraction of sp³-hybridized carbons (Fsp3) is 0.462. The van der Waals surface area contributed by atoms with Crippen molar-refractivity contribution >= 4 is 17.5 Å². The van der Waals surface area contributed by atoms with E-state index in [1.807, 2.05) is 32.3 Å². The quantitative estimate of drug-likeness (QED) is 0.817. The minimum absolute atomic E-state index is 0.0503. The molecule has 0 bridgehead atoms. The summed E-state index contributed by atoms with van der Waals surface area (Å²) in [7, 11) is 3.98. The van der Waals surface area contributed by atoms with Gasteiger partial charge in [-0.2, -0.15) is 0 Å². The van der Waals surface area contributed by atoms with Crippen molar-refractivity contribution in [1.82, 2.24) is 10.2 Å². The van der Waals surface area contributed by atoms with E-state index in [0.717, 1.165) is 5.56 Å². The van der Waals surface area contributed by atoms with Crippen molar-refractivity contribution in [2.75, 3.05) is 20.6 Å². The molecule has 1 atom stereocenters. The first kappa shape index (κ1) is 14.0. The zero-order valence-electron chi connectivity index (χ0n) is 10.5. The number of carbonyl (C=O) groups is 1. The van der Waals surface area contributed by atoms with Crippen LogP contribution < -0.4 is 5.32 Å². The molecule has 1 rings (SSSR count). The minimum Gasteiger partial charge on any atom is -0.350 e. The van der Waals surface area contributed by atoms with Crippen LogP contribution in [0.15, 0.2) is 24.3 Å². The molecule has 1 aromatic carbocycles. The monoisotopic (exact) mass is 254 g/mol. The topological polar surface area (TPSA) is 32.3 Å². The molecule has 17 heavy (non-hydrogen) atoms. The summed E-state index contributed by atoms with van der Waals surface area (Å²) >= 11 is 5.73. The van der Waals surface area contributed by atoms with E-state index in [4.69, 9.17) is 11.6 Å². The number of carbonyl (C=O) groups excluding carboxylic acids is 1.